The van der Waals surface area contributed by atoms with E-state index in [4.69, 9.17) is 11.6 Å². The van der Waals surface area contributed by atoms with E-state index in [1.54, 1.807) is 24.3 Å². The van der Waals surface area contributed by atoms with Crippen LogP contribution in [-0.4, -0.2) is 39.0 Å². The number of sulfonamides is 1. The van der Waals surface area contributed by atoms with Gasteiger partial charge in [-0.3, -0.25) is 0 Å². The van der Waals surface area contributed by atoms with Crippen molar-refractivity contribution in [2.45, 2.75) is 50.8 Å². The average Bonchev–Trinajstić information content (AvgIpc) is 2.54. The first-order chi connectivity index (χ1) is 11.0. The summed E-state index contributed by atoms with van der Waals surface area (Å²) in [6.07, 6.45) is 5.87. The van der Waals surface area contributed by atoms with Crippen molar-refractivity contribution in [1.29, 1.82) is 0 Å². The van der Waals surface area contributed by atoms with Crippen LogP contribution in [0.15, 0.2) is 24.3 Å². The van der Waals surface area contributed by atoms with E-state index in [0.717, 1.165) is 19.5 Å². The van der Waals surface area contributed by atoms with E-state index in [0.29, 0.717) is 23.2 Å². The van der Waals surface area contributed by atoms with Crippen molar-refractivity contribution in [2.24, 2.45) is 0 Å². The van der Waals surface area contributed by atoms with Gasteiger partial charge in [-0.15, -0.1) is 0 Å². The molecular formula is C17H27ClN2O2S. The number of hydrogen-bond acceptors (Lipinski definition) is 3. The third-order valence-electron chi connectivity index (χ3n) is 4.47. The van der Waals surface area contributed by atoms with E-state index in [-0.39, 0.29) is 5.75 Å². The van der Waals surface area contributed by atoms with Crippen molar-refractivity contribution < 1.29 is 8.42 Å². The van der Waals surface area contributed by atoms with Crippen LogP contribution >= 0.6 is 11.6 Å². The minimum absolute atomic E-state index is 0.0615. The molecule has 6 heteroatoms. The van der Waals surface area contributed by atoms with Crippen molar-refractivity contribution >= 4 is 21.6 Å². The van der Waals surface area contributed by atoms with Gasteiger partial charge in [-0.2, -0.15) is 0 Å². The lowest BCUT2D eigenvalue weighted by Crippen LogP contribution is -2.40. The molecule has 1 aromatic rings. The van der Waals surface area contributed by atoms with Gasteiger partial charge in [0.05, 0.1) is 5.75 Å². The van der Waals surface area contributed by atoms with Crippen LogP contribution in [0.3, 0.4) is 0 Å². The van der Waals surface area contributed by atoms with Crippen molar-refractivity contribution in [3.05, 3.63) is 34.9 Å². The predicted molar refractivity (Wildman–Crippen MR) is 96.2 cm³/mol. The number of halogens is 1. The van der Waals surface area contributed by atoms with E-state index in [2.05, 4.69) is 16.5 Å². The minimum Gasteiger partial charge on any atom is -0.300 e. The van der Waals surface area contributed by atoms with Gasteiger partial charge in [0.1, 0.15) is 0 Å². The SMILES string of the molecule is CC[C@H]1CCCCN1CCCNS(=O)(=O)Cc1ccccc1Cl. The second-order valence-electron chi connectivity index (χ2n) is 6.19. The molecule has 1 N–H and O–H groups in total. The molecular weight excluding hydrogens is 332 g/mol. The molecule has 130 valence electrons. The standard InChI is InChI=1S/C17H27ClN2O2S/c1-2-16-9-5-6-12-20(16)13-7-11-19-23(21,22)14-15-8-3-4-10-17(15)18/h3-4,8,10,16,19H,2,5-7,9,11-14H2,1H3/t16-/m0/s1. The van der Waals surface area contributed by atoms with Crippen molar-refractivity contribution in [3.63, 3.8) is 0 Å². The van der Waals surface area contributed by atoms with Crippen LogP contribution in [0.1, 0.15) is 44.6 Å². The number of piperidine rings is 1. The summed E-state index contributed by atoms with van der Waals surface area (Å²) in [5.41, 5.74) is 0.642. The molecule has 0 radical (unpaired) electrons. The van der Waals surface area contributed by atoms with Gasteiger partial charge in [0.15, 0.2) is 0 Å². The van der Waals surface area contributed by atoms with Gasteiger partial charge in [0, 0.05) is 17.6 Å². The zero-order chi connectivity index (χ0) is 16.7. The number of benzene rings is 1. The van der Waals surface area contributed by atoms with E-state index in [1.165, 1.54) is 25.7 Å². The highest BCUT2D eigenvalue weighted by atomic mass is 35.5. The molecule has 1 fully saturated rings. The fraction of sp³-hybridized carbons (Fsp3) is 0.647. The summed E-state index contributed by atoms with van der Waals surface area (Å²) in [4.78, 5) is 2.51. The molecule has 0 amide bonds. The fourth-order valence-electron chi connectivity index (χ4n) is 3.20. The molecule has 1 aliphatic heterocycles. The monoisotopic (exact) mass is 358 g/mol. The molecule has 1 aliphatic rings. The Kier molecular flexibility index (Phi) is 7.34. The predicted octanol–water partition coefficient (Wildman–Crippen LogP) is 3.41. The summed E-state index contributed by atoms with van der Waals surface area (Å²) in [5, 5.41) is 0.497. The van der Waals surface area contributed by atoms with Gasteiger partial charge in [-0.1, -0.05) is 43.1 Å². The summed E-state index contributed by atoms with van der Waals surface area (Å²) in [6, 6.07) is 7.74. The average molecular weight is 359 g/mol. The molecule has 0 aliphatic carbocycles. The van der Waals surface area contributed by atoms with Gasteiger partial charge in [0.25, 0.3) is 0 Å². The largest absolute Gasteiger partial charge is 0.300 e. The number of likely N-dealkylation sites (tertiary alicyclic amines) is 1. The Bertz CT molecular complexity index is 592. The van der Waals surface area contributed by atoms with E-state index in [1.807, 2.05) is 0 Å². The van der Waals surface area contributed by atoms with Crippen LogP contribution in [0.4, 0.5) is 0 Å². The van der Waals surface area contributed by atoms with Crippen LogP contribution in [0.25, 0.3) is 0 Å². The number of rotatable bonds is 8. The Balaban J connectivity index is 1.75. The van der Waals surface area contributed by atoms with Crippen LogP contribution in [-0.2, 0) is 15.8 Å². The molecule has 23 heavy (non-hydrogen) atoms. The van der Waals surface area contributed by atoms with Gasteiger partial charge in [0.2, 0.25) is 10.0 Å². The van der Waals surface area contributed by atoms with Crippen molar-refractivity contribution in [3.8, 4) is 0 Å². The third-order valence-corrected chi connectivity index (χ3v) is 6.17. The highest BCUT2D eigenvalue weighted by molar-refractivity contribution is 7.88. The summed E-state index contributed by atoms with van der Waals surface area (Å²) in [5.74, 6) is -0.0615. The Morgan fingerprint density at radius 3 is 2.83 bits per heavy atom. The van der Waals surface area contributed by atoms with Crippen LogP contribution < -0.4 is 4.72 Å². The summed E-state index contributed by atoms with van der Waals surface area (Å²) < 4.78 is 27.0. The van der Waals surface area contributed by atoms with Crippen LogP contribution in [0.5, 0.6) is 0 Å². The minimum atomic E-state index is -3.33. The molecule has 1 heterocycles. The Labute approximate surface area is 145 Å². The Morgan fingerprint density at radius 1 is 1.30 bits per heavy atom. The number of nitrogens with one attached hydrogen (secondary N) is 1. The highest BCUT2D eigenvalue weighted by Gasteiger charge is 2.20. The smallest absolute Gasteiger partial charge is 0.215 e. The molecule has 0 unspecified atom stereocenters. The molecule has 0 spiro atoms. The molecule has 0 saturated carbocycles. The Hall–Kier alpha value is -0.620. The second-order valence-corrected chi connectivity index (χ2v) is 8.41. The quantitative estimate of drug-likeness (QED) is 0.724. The van der Waals surface area contributed by atoms with Crippen LogP contribution in [0, 0.1) is 0 Å². The molecule has 4 nitrogen and oxygen atoms in total. The maximum Gasteiger partial charge on any atom is 0.215 e. The maximum atomic E-state index is 12.1. The molecule has 1 aromatic carbocycles. The lowest BCUT2D eigenvalue weighted by Gasteiger charge is -2.35. The third kappa shape index (κ3) is 6.07. The van der Waals surface area contributed by atoms with E-state index < -0.39 is 10.0 Å². The summed E-state index contributed by atoms with van der Waals surface area (Å²) in [6.45, 7) is 4.83. The Morgan fingerprint density at radius 2 is 2.09 bits per heavy atom. The van der Waals surface area contributed by atoms with Gasteiger partial charge in [-0.05, 0) is 50.4 Å². The molecule has 2 rings (SSSR count). The van der Waals surface area contributed by atoms with Gasteiger partial charge in [-0.25, -0.2) is 13.1 Å². The summed E-state index contributed by atoms with van der Waals surface area (Å²) in [7, 11) is -3.33. The molecule has 1 saturated heterocycles. The van der Waals surface area contributed by atoms with Crippen LogP contribution in [0.2, 0.25) is 5.02 Å². The van der Waals surface area contributed by atoms with Crippen molar-refractivity contribution in [1.82, 2.24) is 9.62 Å². The zero-order valence-electron chi connectivity index (χ0n) is 13.8. The lowest BCUT2D eigenvalue weighted by atomic mass is 10.00. The van der Waals surface area contributed by atoms with Crippen molar-refractivity contribution in [2.75, 3.05) is 19.6 Å². The zero-order valence-corrected chi connectivity index (χ0v) is 15.4. The normalized spacial score (nSPS) is 19.8. The van der Waals surface area contributed by atoms with E-state index >= 15 is 0 Å². The van der Waals surface area contributed by atoms with Gasteiger partial charge < -0.3 is 4.90 Å². The van der Waals surface area contributed by atoms with E-state index in [9.17, 15) is 8.42 Å². The highest BCUT2D eigenvalue weighted by Crippen LogP contribution is 2.19. The first-order valence-corrected chi connectivity index (χ1v) is 10.5. The molecule has 0 bridgehead atoms. The first kappa shape index (κ1) is 18.7. The number of nitrogens with zero attached hydrogens (tertiary/aromatic N) is 1. The second kappa shape index (κ2) is 9.02. The maximum absolute atomic E-state index is 12.1. The topological polar surface area (TPSA) is 49.4 Å². The summed E-state index contributed by atoms with van der Waals surface area (Å²) >= 11 is 6.03. The van der Waals surface area contributed by atoms with Gasteiger partial charge >= 0.3 is 0 Å². The molecule has 1 atom stereocenters. The number of hydrogen-bond donors (Lipinski definition) is 1. The lowest BCUT2D eigenvalue weighted by molar-refractivity contribution is 0.143. The fourth-order valence-corrected chi connectivity index (χ4v) is 4.70. The molecule has 0 aromatic heterocycles. The first-order valence-electron chi connectivity index (χ1n) is 8.46.